The van der Waals surface area contributed by atoms with Crippen LogP contribution in [0.2, 0.25) is 0 Å². The van der Waals surface area contributed by atoms with E-state index in [0.29, 0.717) is 123 Å². The molecule has 0 bridgehead atoms. The second-order valence-corrected chi connectivity index (χ2v) is 36.4. The van der Waals surface area contributed by atoms with Gasteiger partial charge in [-0.1, -0.05) is 148 Å². The number of rotatable bonds is 60. The highest BCUT2D eigenvalue weighted by Crippen LogP contribution is 2.38. The molecule has 0 saturated carbocycles. The predicted octanol–water partition coefficient (Wildman–Crippen LogP) is 9.61. The largest absolute Gasteiger partial charge is 0.492 e. The molecule has 0 aromatic heterocycles. The zero-order valence-corrected chi connectivity index (χ0v) is 80.8. The molecule has 4 saturated heterocycles. The monoisotopic (exact) mass is 1850 g/mol. The van der Waals surface area contributed by atoms with E-state index in [9.17, 15) is 52.7 Å². The number of hydrogen-bond acceptors (Lipinski definition) is 22. The van der Waals surface area contributed by atoms with Gasteiger partial charge in [-0.05, 0) is 155 Å². The molecule has 5 heterocycles. The third-order valence-electron chi connectivity index (χ3n) is 26.3. The average molecular weight is 1850 g/mol. The second kappa shape index (κ2) is 60.9. The van der Waals surface area contributed by atoms with Crippen molar-refractivity contribution in [2.45, 2.75) is 346 Å². The molecule has 1 aromatic carbocycles. The first kappa shape index (κ1) is 113. The van der Waals surface area contributed by atoms with Crippen LogP contribution in [0.4, 0.5) is 0 Å². The Labute approximate surface area is 779 Å². The standard InChI is InChI=1S/C96H160N12O22.CH4/c1-17-76-61(5)65(9)87(102-69(13)109)93(127-76)123-49-36-25-21-31-43-97-81(114)57-106(58-82(115)98-44-32-22-26-37-50-124-94-88(103-70(14)110)66(10)62(6)77(18-2)128-94)91(120)73-54-74(56-75(55-73)122-53-47-101-80(113)40-30-29-35-48-108-85(118)41-42-86(108)119)92(121)107(59-83(116)99-45-33-23-27-38-51-125-95-89(104-71(15)111)67(11)63(7)78(19-3)129-95)60-84(117)100-46-34-24-28-39-52-126-96-90(105-72(16)112)68(12)64(8)79(20-4)130-96;/h41-42,54-56,61-68,76-79,87-90,93-96H,17-40,43-53,57-60H2,1-16H3,(H,97,114)(H,98,115)(H,99,116)(H,100,117)(H,101,113)(H,102,109)(H,103,110)(H,104,111)(H,105,112);1H4. The summed E-state index contributed by atoms with van der Waals surface area (Å²) in [7, 11) is 0. The van der Waals surface area contributed by atoms with Gasteiger partial charge in [0.1, 0.15) is 38.5 Å². The molecule has 9 N–H and O–H groups in total. The minimum Gasteiger partial charge on any atom is -0.492 e. The van der Waals surface area contributed by atoms with Crippen LogP contribution < -0.4 is 52.6 Å². The zero-order valence-electron chi connectivity index (χ0n) is 80.8. The summed E-state index contributed by atoms with van der Waals surface area (Å²) in [5, 5.41) is 26.6. The molecule has 5 aliphatic rings. The molecule has 34 heteroatoms. The summed E-state index contributed by atoms with van der Waals surface area (Å²) in [6.07, 6.45) is 15.5. The fourth-order valence-electron chi connectivity index (χ4n) is 17.8. The number of carbonyl (C=O) groups is 13. The molecule has 20 unspecified atom stereocenters. The maximum atomic E-state index is 15.4. The van der Waals surface area contributed by atoms with Crippen LogP contribution in [0, 0.1) is 47.3 Å². The van der Waals surface area contributed by atoms with Gasteiger partial charge < -0.3 is 100 Å². The molecule has 0 radical (unpaired) electrons. The third-order valence-corrected chi connectivity index (χ3v) is 26.3. The zero-order chi connectivity index (χ0) is 95.4. The summed E-state index contributed by atoms with van der Waals surface area (Å²) < 4.78 is 56.6. The molecule has 0 spiro atoms. The van der Waals surface area contributed by atoms with E-state index in [-0.39, 0.29) is 214 Å². The van der Waals surface area contributed by atoms with E-state index in [2.05, 4.69) is 131 Å². The molecular formula is C97H164N12O22. The maximum Gasteiger partial charge on any atom is 0.254 e. The highest BCUT2D eigenvalue weighted by molar-refractivity contribution is 6.13. The van der Waals surface area contributed by atoms with Crippen LogP contribution in [0.3, 0.4) is 0 Å². The maximum absolute atomic E-state index is 15.4. The van der Waals surface area contributed by atoms with Crippen molar-refractivity contribution < 1.29 is 105 Å². The highest BCUT2D eigenvalue weighted by Gasteiger charge is 2.46. The smallest absolute Gasteiger partial charge is 0.254 e. The van der Waals surface area contributed by atoms with Crippen molar-refractivity contribution in [1.82, 2.24) is 62.6 Å². The fourth-order valence-corrected chi connectivity index (χ4v) is 17.8. The number of nitrogens with zero attached hydrogens (tertiary/aromatic N) is 3. The average Bonchev–Trinajstić information content (AvgIpc) is 1.02. The van der Waals surface area contributed by atoms with Crippen molar-refractivity contribution in [2.75, 3.05) is 98.5 Å². The van der Waals surface area contributed by atoms with E-state index in [4.69, 9.17) is 42.6 Å². The third kappa shape index (κ3) is 38.9. The molecule has 4 fully saturated rings. The SMILES string of the molecule is C.CCC1OC(OCCCCCCNC(=O)CN(CC(=O)NCCCCCCOC2OC(CC)C(C)C(C)C2NC(C)=O)C(=O)c2cc(OCCNC(=O)CCCCCN3C(=O)C=CC3=O)cc(C(=O)N(CC(=O)NCCCCCCOC3OC(CC)C(C)C(C)C3NC(C)=O)CC(=O)NCCCCCCOC3OC(CC)C(C)C(C)C3NC(C)=O)c2)C(NC(C)=O)C(C)C1C. The number of hydrogen-bond donors (Lipinski definition) is 9. The second-order valence-electron chi connectivity index (χ2n) is 36.4. The van der Waals surface area contributed by atoms with E-state index in [1.807, 2.05) is 0 Å². The van der Waals surface area contributed by atoms with Gasteiger partial charge in [0.25, 0.3) is 23.6 Å². The number of carbonyl (C=O) groups excluding carboxylic acids is 13. The summed E-state index contributed by atoms with van der Waals surface area (Å²) >= 11 is 0. The van der Waals surface area contributed by atoms with Gasteiger partial charge in [-0.2, -0.15) is 0 Å². The Hall–Kier alpha value is -8.25. The molecule has 6 rings (SSSR count). The fraction of sp³-hybridized carbons (Fsp3) is 0.784. The quantitative estimate of drug-likeness (QED) is 0.0216. The van der Waals surface area contributed by atoms with E-state index in [1.165, 1.54) is 58.0 Å². The Morgan fingerprint density at radius 3 is 0.878 bits per heavy atom. The molecule has 13 amide bonds. The van der Waals surface area contributed by atoms with E-state index in [0.717, 1.165) is 66.1 Å². The number of benzene rings is 1. The van der Waals surface area contributed by atoms with Gasteiger partial charge in [-0.25, -0.2) is 0 Å². The first-order chi connectivity index (χ1) is 62.2. The van der Waals surface area contributed by atoms with Crippen LogP contribution in [0.1, 0.15) is 293 Å². The minimum atomic E-state index is -0.849. The molecule has 20 atom stereocenters. The number of ether oxygens (including phenoxy) is 9. The normalized spacial score (nSPS) is 25.8. The van der Waals surface area contributed by atoms with Gasteiger partial charge in [-0.15, -0.1) is 0 Å². The molecule has 744 valence electrons. The van der Waals surface area contributed by atoms with Crippen LogP contribution in [0.15, 0.2) is 30.4 Å². The Morgan fingerprint density at radius 1 is 0.336 bits per heavy atom. The minimum absolute atomic E-state index is 0. The number of amides is 13. The molecule has 1 aromatic rings. The molecule has 5 aliphatic heterocycles. The molecule has 0 aliphatic carbocycles. The number of imide groups is 1. The van der Waals surface area contributed by atoms with Crippen molar-refractivity contribution in [1.29, 1.82) is 0 Å². The van der Waals surface area contributed by atoms with Crippen molar-refractivity contribution in [2.24, 2.45) is 47.3 Å². The Morgan fingerprint density at radius 2 is 0.603 bits per heavy atom. The Kier molecular flexibility index (Phi) is 52.6. The summed E-state index contributed by atoms with van der Waals surface area (Å²) in [4.78, 5) is 177. The lowest BCUT2D eigenvalue weighted by Crippen LogP contribution is -2.57. The highest BCUT2D eigenvalue weighted by atomic mass is 16.7. The summed E-state index contributed by atoms with van der Waals surface area (Å²) in [5.74, 6) is -4.47. The topological polar surface area (TPSA) is 423 Å². The van der Waals surface area contributed by atoms with E-state index in [1.54, 1.807) is 0 Å². The lowest BCUT2D eigenvalue weighted by molar-refractivity contribution is -0.236. The molecular weight excluding hydrogens is 1690 g/mol. The van der Waals surface area contributed by atoms with Crippen molar-refractivity contribution >= 4 is 76.8 Å². The van der Waals surface area contributed by atoms with Crippen molar-refractivity contribution in [3.05, 3.63) is 41.5 Å². The summed E-state index contributed by atoms with van der Waals surface area (Å²) in [6, 6.07) is 2.72. The summed E-state index contributed by atoms with van der Waals surface area (Å²) in [5.41, 5.74) is -0.386. The van der Waals surface area contributed by atoms with Gasteiger partial charge in [0.2, 0.25) is 53.2 Å². The van der Waals surface area contributed by atoms with Crippen molar-refractivity contribution in [3.63, 3.8) is 0 Å². The van der Waals surface area contributed by atoms with E-state index < -0.39 is 86.8 Å². The van der Waals surface area contributed by atoms with Gasteiger partial charge in [0.05, 0.1) is 55.1 Å². The van der Waals surface area contributed by atoms with Crippen LogP contribution in [-0.2, 0) is 90.6 Å². The van der Waals surface area contributed by atoms with Gasteiger partial charge in [0.15, 0.2) is 25.2 Å². The van der Waals surface area contributed by atoms with Crippen LogP contribution >= 0.6 is 0 Å². The summed E-state index contributed by atoms with van der Waals surface area (Å²) in [6.45, 7) is 31.1. The Balaban J connectivity index is 0.0000304. The van der Waals surface area contributed by atoms with Crippen LogP contribution in [0.5, 0.6) is 5.75 Å². The van der Waals surface area contributed by atoms with Gasteiger partial charge in [-0.3, -0.25) is 67.2 Å². The Bertz CT molecular complexity index is 3370. The lowest BCUT2D eigenvalue weighted by Gasteiger charge is -2.44. The van der Waals surface area contributed by atoms with Gasteiger partial charge in [0, 0.05) is 117 Å². The van der Waals surface area contributed by atoms with Crippen LogP contribution in [-0.4, -0.2) is 264 Å². The molecule has 34 nitrogen and oxygen atoms in total. The van der Waals surface area contributed by atoms with E-state index >= 15 is 9.59 Å². The molecule has 131 heavy (non-hydrogen) atoms. The first-order valence-corrected chi connectivity index (χ1v) is 48.6. The van der Waals surface area contributed by atoms with Gasteiger partial charge >= 0.3 is 0 Å². The number of unbranched alkanes of at least 4 members (excludes halogenated alkanes) is 14. The van der Waals surface area contributed by atoms with Crippen molar-refractivity contribution in [3.8, 4) is 5.75 Å². The first-order valence-electron chi connectivity index (χ1n) is 48.6. The lowest BCUT2D eigenvalue weighted by atomic mass is 9.81. The number of nitrogens with one attached hydrogen (secondary N) is 9. The van der Waals surface area contributed by atoms with Crippen LogP contribution in [0.25, 0.3) is 0 Å². The predicted molar refractivity (Wildman–Crippen MR) is 497 cm³/mol.